The van der Waals surface area contributed by atoms with Crippen LogP contribution in [0.15, 0.2) is 52.7 Å². The van der Waals surface area contributed by atoms with Crippen molar-refractivity contribution in [2.24, 2.45) is 0 Å². The molecule has 0 unspecified atom stereocenters. The van der Waals surface area contributed by atoms with Gasteiger partial charge >= 0.3 is 0 Å². The monoisotopic (exact) mass is 368 g/mol. The molecule has 0 radical (unpaired) electrons. The Morgan fingerprint density at radius 2 is 2.16 bits per heavy atom. The largest absolute Gasteiger partial charge is 0.462 e. The van der Waals surface area contributed by atoms with Crippen LogP contribution < -0.4 is 5.32 Å². The highest BCUT2D eigenvalue weighted by Crippen LogP contribution is 2.29. The molecule has 0 saturated heterocycles. The minimum absolute atomic E-state index is 0.279. The lowest BCUT2D eigenvalue weighted by molar-refractivity contribution is 0.102. The van der Waals surface area contributed by atoms with E-state index in [0.29, 0.717) is 21.6 Å². The molecule has 0 aliphatic rings. The molecule has 0 bridgehead atoms. The number of rotatable bonds is 4. The Kier molecular flexibility index (Phi) is 4.12. The Hall–Kier alpha value is -2.84. The highest BCUT2D eigenvalue weighted by Gasteiger charge is 2.18. The normalized spacial score (nSPS) is 10.8. The highest BCUT2D eigenvalue weighted by atomic mass is 32.1. The summed E-state index contributed by atoms with van der Waals surface area (Å²) in [6, 6.07) is 7.39. The van der Waals surface area contributed by atoms with Gasteiger partial charge in [0.15, 0.2) is 15.9 Å². The highest BCUT2D eigenvalue weighted by molar-refractivity contribution is 7.15. The summed E-state index contributed by atoms with van der Waals surface area (Å²) in [6.45, 7) is 1.86. The number of aromatic nitrogens is 3. The van der Waals surface area contributed by atoms with Gasteiger partial charge in [-0.2, -0.15) is 0 Å². The van der Waals surface area contributed by atoms with Crippen LogP contribution in [0.3, 0.4) is 0 Å². The number of hydrogen-bond acceptors (Lipinski definition) is 7. The molecule has 124 valence electrons. The quantitative estimate of drug-likeness (QED) is 0.574. The van der Waals surface area contributed by atoms with E-state index in [9.17, 15) is 4.79 Å². The summed E-state index contributed by atoms with van der Waals surface area (Å²) < 4.78 is 5.34. The molecular formula is C17H12N4O2S2. The molecule has 0 atom stereocenters. The Bertz CT molecular complexity index is 1010. The number of thiazole rings is 2. The summed E-state index contributed by atoms with van der Waals surface area (Å²) >= 11 is 2.79. The number of carbonyl (C=O) groups excluding carboxylic acids is 1. The fourth-order valence-electron chi connectivity index (χ4n) is 2.25. The Labute approximate surface area is 151 Å². The standard InChI is InChI=1S/C17H12N4O2S2/c1-10-14(20-16(25-10)13-5-3-7-23-13)15(22)21-17-19-12(9-24-17)11-4-2-6-18-8-11/h2-9H,1H3,(H,19,21,22). The maximum atomic E-state index is 12.5. The van der Waals surface area contributed by atoms with Crippen LogP contribution in [0.25, 0.3) is 22.0 Å². The number of hydrogen-bond donors (Lipinski definition) is 1. The smallest absolute Gasteiger partial charge is 0.277 e. The molecule has 6 nitrogen and oxygen atoms in total. The van der Waals surface area contributed by atoms with Gasteiger partial charge in [0.05, 0.1) is 12.0 Å². The van der Waals surface area contributed by atoms with E-state index in [1.54, 1.807) is 24.7 Å². The third-order valence-corrected chi connectivity index (χ3v) is 5.17. The van der Waals surface area contributed by atoms with Crippen molar-refractivity contribution in [3.8, 4) is 22.0 Å². The third kappa shape index (κ3) is 3.21. The van der Waals surface area contributed by atoms with E-state index >= 15 is 0 Å². The van der Waals surface area contributed by atoms with Crippen molar-refractivity contribution < 1.29 is 9.21 Å². The molecule has 1 amide bonds. The van der Waals surface area contributed by atoms with Crippen LogP contribution in [-0.2, 0) is 0 Å². The predicted molar refractivity (Wildman–Crippen MR) is 97.9 cm³/mol. The van der Waals surface area contributed by atoms with E-state index in [-0.39, 0.29) is 5.91 Å². The van der Waals surface area contributed by atoms with E-state index < -0.39 is 0 Å². The second-order valence-electron chi connectivity index (χ2n) is 5.13. The molecule has 4 aromatic rings. The van der Waals surface area contributed by atoms with Crippen LogP contribution in [-0.4, -0.2) is 20.9 Å². The van der Waals surface area contributed by atoms with Crippen LogP contribution >= 0.6 is 22.7 Å². The van der Waals surface area contributed by atoms with Gasteiger partial charge in [-0.25, -0.2) is 9.97 Å². The minimum Gasteiger partial charge on any atom is -0.462 e. The Morgan fingerprint density at radius 1 is 1.24 bits per heavy atom. The Morgan fingerprint density at radius 3 is 2.92 bits per heavy atom. The number of pyridine rings is 1. The fraction of sp³-hybridized carbons (Fsp3) is 0.0588. The summed E-state index contributed by atoms with van der Waals surface area (Å²) in [5.41, 5.74) is 2.07. The molecule has 4 rings (SSSR count). The number of nitrogens with one attached hydrogen (secondary N) is 1. The van der Waals surface area contributed by atoms with Gasteiger partial charge in [0.1, 0.15) is 5.69 Å². The number of aryl methyl sites for hydroxylation is 1. The van der Waals surface area contributed by atoms with E-state index in [2.05, 4.69) is 20.3 Å². The molecule has 4 heterocycles. The molecule has 0 spiro atoms. The first-order valence-electron chi connectivity index (χ1n) is 7.39. The number of anilines is 1. The van der Waals surface area contributed by atoms with Gasteiger partial charge in [-0.15, -0.1) is 22.7 Å². The molecule has 0 fully saturated rings. The second kappa shape index (κ2) is 6.58. The summed E-state index contributed by atoms with van der Waals surface area (Å²) in [5.74, 6) is 0.374. The molecule has 0 aliphatic carbocycles. The van der Waals surface area contributed by atoms with Gasteiger partial charge in [0.2, 0.25) is 0 Å². The van der Waals surface area contributed by atoms with Crippen LogP contribution in [0, 0.1) is 6.92 Å². The van der Waals surface area contributed by atoms with Gasteiger partial charge in [-0.05, 0) is 31.2 Å². The SMILES string of the molecule is Cc1sc(-c2ccco2)nc1C(=O)Nc1nc(-c2cccnc2)cs1. The van der Waals surface area contributed by atoms with Crippen molar-refractivity contribution in [1.29, 1.82) is 0 Å². The molecule has 1 N–H and O–H groups in total. The van der Waals surface area contributed by atoms with Crippen LogP contribution in [0.1, 0.15) is 15.4 Å². The Balaban J connectivity index is 1.54. The second-order valence-corrected chi connectivity index (χ2v) is 7.20. The van der Waals surface area contributed by atoms with Crippen molar-refractivity contribution in [1.82, 2.24) is 15.0 Å². The lowest BCUT2D eigenvalue weighted by Crippen LogP contribution is -2.13. The topological polar surface area (TPSA) is 80.9 Å². The first-order chi connectivity index (χ1) is 12.2. The average molecular weight is 368 g/mol. The predicted octanol–water partition coefficient (Wildman–Crippen LogP) is 4.48. The number of nitrogens with zero attached hydrogens (tertiary/aromatic N) is 3. The van der Waals surface area contributed by atoms with Crippen LogP contribution in [0.4, 0.5) is 5.13 Å². The molecule has 0 saturated carbocycles. The minimum atomic E-state index is -0.279. The molecule has 4 aromatic heterocycles. The molecule has 0 aliphatic heterocycles. The van der Waals surface area contributed by atoms with Crippen molar-refractivity contribution in [3.05, 3.63) is 58.9 Å². The van der Waals surface area contributed by atoms with Crippen molar-refractivity contribution in [2.75, 3.05) is 5.32 Å². The average Bonchev–Trinajstić information content (AvgIpc) is 3.35. The zero-order valence-electron chi connectivity index (χ0n) is 13.1. The van der Waals surface area contributed by atoms with Crippen molar-refractivity contribution >= 4 is 33.7 Å². The van der Waals surface area contributed by atoms with E-state index in [1.807, 2.05) is 30.5 Å². The number of furan rings is 1. The lowest BCUT2D eigenvalue weighted by Gasteiger charge is -1.99. The molecule has 25 heavy (non-hydrogen) atoms. The first kappa shape index (κ1) is 15.7. The van der Waals surface area contributed by atoms with Gasteiger partial charge < -0.3 is 4.42 Å². The van der Waals surface area contributed by atoms with Crippen LogP contribution in [0.2, 0.25) is 0 Å². The number of amides is 1. The molecule has 0 aromatic carbocycles. The zero-order valence-corrected chi connectivity index (χ0v) is 14.7. The van der Waals surface area contributed by atoms with Gasteiger partial charge in [-0.1, -0.05) is 0 Å². The summed E-state index contributed by atoms with van der Waals surface area (Å²) in [7, 11) is 0. The zero-order chi connectivity index (χ0) is 17.2. The molecule has 8 heteroatoms. The lowest BCUT2D eigenvalue weighted by atomic mass is 10.2. The maximum absolute atomic E-state index is 12.5. The van der Waals surface area contributed by atoms with Gasteiger partial charge in [0, 0.05) is 28.2 Å². The summed E-state index contributed by atoms with van der Waals surface area (Å²) in [4.78, 5) is 26.3. The third-order valence-electron chi connectivity index (χ3n) is 3.43. The van der Waals surface area contributed by atoms with Gasteiger partial charge in [0.25, 0.3) is 5.91 Å². The van der Waals surface area contributed by atoms with E-state index in [4.69, 9.17) is 4.42 Å². The molecular weight excluding hydrogens is 356 g/mol. The summed E-state index contributed by atoms with van der Waals surface area (Å²) in [5, 5.41) is 5.90. The van der Waals surface area contributed by atoms with Gasteiger partial charge in [-0.3, -0.25) is 15.1 Å². The van der Waals surface area contributed by atoms with Crippen molar-refractivity contribution in [2.45, 2.75) is 6.92 Å². The van der Waals surface area contributed by atoms with Crippen LogP contribution in [0.5, 0.6) is 0 Å². The maximum Gasteiger partial charge on any atom is 0.277 e. The first-order valence-corrected chi connectivity index (χ1v) is 9.09. The summed E-state index contributed by atoms with van der Waals surface area (Å²) in [6.07, 6.45) is 5.03. The van der Waals surface area contributed by atoms with Crippen molar-refractivity contribution in [3.63, 3.8) is 0 Å². The van der Waals surface area contributed by atoms with E-state index in [0.717, 1.165) is 16.1 Å². The van der Waals surface area contributed by atoms with E-state index in [1.165, 1.54) is 22.7 Å². The fourth-order valence-corrected chi connectivity index (χ4v) is 3.84. The number of carbonyl (C=O) groups is 1.